The Morgan fingerprint density at radius 3 is 2.39 bits per heavy atom. The minimum atomic E-state index is -0.289. The van der Waals surface area contributed by atoms with E-state index in [0.717, 1.165) is 21.4 Å². The number of hydrogen-bond acceptors (Lipinski definition) is 2. The Morgan fingerprint density at radius 2 is 1.65 bits per heavy atom. The summed E-state index contributed by atoms with van der Waals surface area (Å²) in [7, 11) is 0. The largest absolute Gasteiger partial charge is 0.338 e. The third-order valence-corrected chi connectivity index (χ3v) is 5.24. The molecule has 3 aromatic carbocycles. The number of carbonyl (C=O) groups excluding carboxylic acids is 2. The normalized spacial score (nSPS) is 10.3. The molecule has 0 fully saturated rings. The van der Waals surface area contributed by atoms with Gasteiger partial charge in [-0.05, 0) is 71.2 Å². The van der Waals surface area contributed by atoms with Crippen molar-refractivity contribution in [3.05, 3.63) is 88.9 Å². The summed E-state index contributed by atoms with van der Waals surface area (Å²) < 4.78 is 0.813. The molecule has 0 saturated carbocycles. The molecule has 0 saturated heterocycles. The van der Waals surface area contributed by atoms with Crippen LogP contribution in [0.3, 0.4) is 0 Å². The summed E-state index contributed by atoms with van der Waals surface area (Å²) in [5.41, 5.74) is 3.31. The fourth-order valence-corrected chi connectivity index (χ4v) is 3.42. The van der Waals surface area contributed by atoms with Crippen molar-refractivity contribution < 1.29 is 9.59 Å². The predicted molar refractivity (Wildman–Crippen MR) is 130 cm³/mol. The highest BCUT2D eigenvalue weighted by Crippen LogP contribution is 2.21. The van der Waals surface area contributed by atoms with Crippen LogP contribution in [0.4, 0.5) is 26.7 Å². The van der Waals surface area contributed by atoms with E-state index < -0.39 is 0 Å². The molecule has 0 bridgehead atoms. The number of rotatable bonds is 7. The monoisotopic (exact) mass is 480 g/mol. The molecule has 0 radical (unpaired) electrons. The Kier molecular flexibility index (Phi) is 8.06. The van der Waals surface area contributed by atoms with Crippen LogP contribution in [0.2, 0.25) is 0 Å². The summed E-state index contributed by atoms with van der Waals surface area (Å²) in [6, 6.07) is 24.1. The molecule has 0 heterocycles. The van der Waals surface area contributed by atoms with Crippen molar-refractivity contribution >= 4 is 45.1 Å². The highest BCUT2D eigenvalue weighted by atomic mass is 79.9. The van der Waals surface area contributed by atoms with E-state index in [1.165, 1.54) is 0 Å². The molecule has 4 amide bonds. The fourth-order valence-electron chi connectivity index (χ4n) is 3.04. The molecular formula is C24H25BrN4O2. The smallest absolute Gasteiger partial charge is 0.326 e. The molecule has 0 aromatic heterocycles. The zero-order valence-corrected chi connectivity index (χ0v) is 18.9. The molecule has 6 nitrogen and oxygen atoms in total. The number of para-hydroxylation sites is 2. The van der Waals surface area contributed by atoms with Crippen molar-refractivity contribution in [3.63, 3.8) is 0 Å². The van der Waals surface area contributed by atoms with Crippen LogP contribution < -0.4 is 20.9 Å². The van der Waals surface area contributed by atoms with E-state index in [-0.39, 0.29) is 12.1 Å². The molecule has 31 heavy (non-hydrogen) atoms. The van der Waals surface area contributed by atoms with Crippen LogP contribution >= 0.6 is 15.9 Å². The van der Waals surface area contributed by atoms with E-state index in [1.54, 1.807) is 4.90 Å². The van der Waals surface area contributed by atoms with Crippen molar-refractivity contribution in [3.8, 4) is 0 Å². The first-order valence-corrected chi connectivity index (χ1v) is 10.8. The van der Waals surface area contributed by atoms with Gasteiger partial charge >= 0.3 is 12.1 Å². The summed E-state index contributed by atoms with van der Waals surface area (Å²) in [4.78, 5) is 26.8. The van der Waals surface area contributed by atoms with Gasteiger partial charge < -0.3 is 16.0 Å². The van der Waals surface area contributed by atoms with E-state index in [2.05, 4.69) is 31.9 Å². The minimum Gasteiger partial charge on any atom is -0.338 e. The lowest BCUT2D eigenvalue weighted by Gasteiger charge is -2.23. The molecule has 0 aliphatic carbocycles. The SMILES string of the molecule is Cc1cccc(NC(=O)N(CCCNC(=O)Nc2ccccc2Br)c2ccccc2)c1. The molecular weight excluding hydrogens is 456 g/mol. The average molecular weight is 481 g/mol. The van der Waals surface area contributed by atoms with Gasteiger partial charge in [0.05, 0.1) is 5.69 Å². The predicted octanol–water partition coefficient (Wildman–Crippen LogP) is 6.01. The van der Waals surface area contributed by atoms with E-state index in [9.17, 15) is 9.59 Å². The third-order valence-electron chi connectivity index (χ3n) is 4.55. The first-order chi connectivity index (χ1) is 15.0. The number of benzene rings is 3. The third kappa shape index (κ3) is 6.86. The molecule has 0 unspecified atom stereocenters. The lowest BCUT2D eigenvalue weighted by atomic mass is 10.2. The lowest BCUT2D eigenvalue weighted by Crippen LogP contribution is -2.38. The van der Waals surface area contributed by atoms with Crippen LogP contribution in [0.5, 0.6) is 0 Å². The number of aryl methyl sites for hydroxylation is 1. The maximum Gasteiger partial charge on any atom is 0.326 e. The number of carbonyl (C=O) groups is 2. The highest BCUT2D eigenvalue weighted by Gasteiger charge is 2.16. The van der Waals surface area contributed by atoms with Gasteiger partial charge in [0.2, 0.25) is 0 Å². The summed E-state index contributed by atoms with van der Waals surface area (Å²) >= 11 is 3.41. The van der Waals surface area contributed by atoms with Crippen molar-refractivity contribution in [1.82, 2.24) is 5.32 Å². The van der Waals surface area contributed by atoms with Crippen LogP contribution in [-0.4, -0.2) is 25.2 Å². The van der Waals surface area contributed by atoms with Crippen LogP contribution in [0.25, 0.3) is 0 Å². The molecule has 0 aliphatic rings. The van der Waals surface area contributed by atoms with Crippen molar-refractivity contribution in [1.29, 1.82) is 0 Å². The molecule has 3 rings (SSSR count). The number of halogens is 1. The molecule has 0 aliphatic heterocycles. The van der Waals surface area contributed by atoms with E-state index in [1.807, 2.05) is 85.8 Å². The van der Waals surface area contributed by atoms with Gasteiger partial charge in [0, 0.05) is 28.9 Å². The van der Waals surface area contributed by atoms with E-state index >= 15 is 0 Å². The first-order valence-electron chi connectivity index (χ1n) is 10.0. The van der Waals surface area contributed by atoms with Gasteiger partial charge in [-0.3, -0.25) is 4.90 Å². The Labute approximate surface area is 190 Å². The Hall–Kier alpha value is -3.32. The topological polar surface area (TPSA) is 73.5 Å². The summed E-state index contributed by atoms with van der Waals surface area (Å²) in [5.74, 6) is 0. The second-order valence-electron chi connectivity index (χ2n) is 7.00. The van der Waals surface area contributed by atoms with E-state index in [0.29, 0.717) is 25.2 Å². The second kappa shape index (κ2) is 11.2. The number of nitrogens with zero attached hydrogens (tertiary/aromatic N) is 1. The molecule has 3 N–H and O–H groups in total. The van der Waals surface area contributed by atoms with E-state index in [4.69, 9.17) is 0 Å². The molecule has 7 heteroatoms. The zero-order chi connectivity index (χ0) is 22.1. The maximum absolute atomic E-state index is 12.9. The van der Waals surface area contributed by atoms with Crippen molar-refractivity contribution in [2.45, 2.75) is 13.3 Å². The molecule has 0 spiro atoms. The van der Waals surface area contributed by atoms with Gasteiger partial charge in [0.1, 0.15) is 0 Å². The number of urea groups is 2. The first kappa shape index (κ1) is 22.4. The Morgan fingerprint density at radius 1 is 0.903 bits per heavy atom. The minimum absolute atomic E-state index is 0.213. The van der Waals surface area contributed by atoms with Gasteiger partial charge in [-0.2, -0.15) is 0 Å². The van der Waals surface area contributed by atoms with Gasteiger partial charge in [0.15, 0.2) is 0 Å². The Bertz CT molecular complexity index is 1030. The summed E-state index contributed by atoms with van der Waals surface area (Å²) in [5, 5.41) is 8.58. The number of nitrogens with one attached hydrogen (secondary N) is 3. The standard InChI is InChI=1S/C24H25BrN4O2/c1-18-9-7-10-19(17-18)27-24(31)29(20-11-3-2-4-12-20)16-8-15-26-23(30)28-22-14-6-5-13-21(22)25/h2-7,9-14,17H,8,15-16H2,1H3,(H,27,31)(H2,26,28,30). The van der Waals surface area contributed by atoms with Crippen LogP contribution in [0.15, 0.2) is 83.3 Å². The number of anilines is 3. The molecule has 160 valence electrons. The number of hydrogen-bond donors (Lipinski definition) is 3. The van der Waals surface area contributed by atoms with Gasteiger partial charge in [-0.25, -0.2) is 9.59 Å². The second-order valence-corrected chi connectivity index (χ2v) is 7.86. The van der Waals surface area contributed by atoms with Crippen LogP contribution in [0, 0.1) is 6.92 Å². The van der Waals surface area contributed by atoms with Crippen LogP contribution in [0.1, 0.15) is 12.0 Å². The van der Waals surface area contributed by atoms with Crippen molar-refractivity contribution in [2.75, 3.05) is 28.6 Å². The fraction of sp³-hybridized carbons (Fsp3) is 0.167. The quantitative estimate of drug-likeness (QED) is 0.362. The lowest BCUT2D eigenvalue weighted by molar-refractivity contribution is 0.252. The molecule has 0 atom stereocenters. The zero-order valence-electron chi connectivity index (χ0n) is 17.3. The maximum atomic E-state index is 12.9. The van der Waals surface area contributed by atoms with Gasteiger partial charge in [-0.15, -0.1) is 0 Å². The summed E-state index contributed by atoms with van der Waals surface area (Å²) in [6.07, 6.45) is 0.597. The number of amides is 4. The van der Waals surface area contributed by atoms with Crippen molar-refractivity contribution in [2.24, 2.45) is 0 Å². The molecule has 3 aromatic rings. The van der Waals surface area contributed by atoms with Gasteiger partial charge in [-0.1, -0.05) is 42.5 Å². The van der Waals surface area contributed by atoms with Crippen LogP contribution in [-0.2, 0) is 0 Å². The Balaban J connectivity index is 1.56. The average Bonchev–Trinajstić information content (AvgIpc) is 2.76. The summed E-state index contributed by atoms with van der Waals surface area (Å²) in [6.45, 7) is 2.86. The van der Waals surface area contributed by atoms with Gasteiger partial charge in [0.25, 0.3) is 0 Å². The highest BCUT2D eigenvalue weighted by molar-refractivity contribution is 9.10.